The first-order valence-electron chi connectivity index (χ1n) is 14.7. The van der Waals surface area contributed by atoms with Crippen molar-refractivity contribution in [1.82, 2.24) is 0 Å². The Bertz CT molecular complexity index is 1180. The number of halogens is 8. The van der Waals surface area contributed by atoms with E-state index in [2.05, 4.69) is 16.4 Å². The third kappa shape index (κ3) is 8.19. The average molecular weight is 605 g/mol. The van der Waals surface area contributed by atoms with Crippen molar-refractivity contribution in [2.24, 2.45) is 17.8 Å². The second-order valence-electron chi connectivity index (χ2n) is 11.6. The number of rotatable bonds is 11. The molecule has 0 aromatic heterocycles. The Morgan fingerprint density at radius 2 is 1.33 bits per heavy atom. The number of benzene rings is 2. The minimum Gasteiger partial charge on any atom is -0.453 e. The van der Waals surface area contributed by atoms with Crippen molar-refractivity contribution in [3.8, 4) is 11.5 Å². The summed E-state index contributed by atoms with van der Waals surface area (Å²) in [6, 6.07) is 3.79. The molecule has 10 heteroatoms. The Morgan fingerprint density at radius 1 is 0.786 bits per heavy atom. The van der Waals surface area contributed by atoms with Crippen molar-refractivity contribution in [2.45, 2.75) is 96.0 Å². The molecule has 2 aromatic rings. The van der Waals surface area contributed by atoms with Crippen LogP contribution in [0.5, 0.6) is 11.5 Å². The first-order chi connectivity index (χ1) is 20.0. The predicted molar refractivity (Wildman–Crippen MR) is 143 cm³/mol. The highest BCUT2D eigenvalue weighted by atomic mass is 19.3. The molecule has 0 unspecified atom stereocenters. The summed E-state index contributed by atoms with van der Waals surface area (Å²) < 4.78 is 121. The molecule has 2 fully saturated rings. The lowest BCUT2D eigenvalue weighted by atomic mass is 9.77. The zero-order chi connectivity index (χ0) is 30.4. The fourth-order valence-corrected chi connectivity index (χ4v) is 6.48. The van der Waals surface area contributed by atoms with Gasteiger partial charge in [0.15, 0.2) is 23.6 Å². The van der Waals surface area contributed by atoms with E-state index in [1.54, 1.807) is 0 Å². The van der Waals surface area contributed by atoms with Crippen LogP contribution in [0.1, 0.15) is 94.6 Å². The molecule has 0 radical (unpaired) electrons. The number of hydrogen-bond acceptors (Lipinski definition) is 2. The van der Waals surface area contributed by atoms with Crippen LogP contribution in [-0.4, -0.2) is 6.11 Å². The van der Waals surface area contributed by atoms with E-state index in [0.29, 0.717) is 42.9 Å². The minimum absolute atomic E-state index is 0.0142. The Labute approximate surface area is 241 Å². The van der Waals surface area contributed by atoms with Gasteiger partial charge in [0.25, 0.3) is 0 Å². The van der Waals surface area contributed by atoms with Gasteiger partial charge in [0.2, 0.25) is 0 Å². The zero-order valence-electron chi connectivity index (χ0n) is 23.5. The Kier molecular flexibility index (Phi) is 10.8. The number of ether oxygens (including phenoxy) is 2. The number of hydrogen-bond donors (Lipinski definition) is 0. The van der Waals surface area contributed by atoms with Crippen molar-refractivity contribution in [2.75, 3.05) is 0 Å². The molecule has 2 saturated carbocycles. The molecule has 4 rings (SSSR count). The van der Waals surface area contributed by atoms with Crippen LogP contribution in [0.4, 0.5) is 35.1 Å². The van der Waals surface area contributed by atoms with Gasteiger partial charge in [0.1, 0.15) is 17.4 Å². The van der Waals surface area contributed by atoms with Gasteiger partial charge in [-0.3, -0.25) is 0 Å². The summed E-state index contributed by atoms with van der Waals surface area (Å²) in [6.45, 7) is 2.17. The zero-order valence-corrected chi connectivity index (χ0v) is 23.5. The van der Waals surface area contributed by atoms with Gasteiger partial charge in [0, 0.05) is 17.7 Å². The van der Waals surface area contributed by atoms with Crippen LogP contribution >= 0.6 is 0 Å². The van der Waals surface area contributed by atoms with Crippen molar-refractivity contribution in [1.29, 1.82) is 0 Å². The summed E-state index contributed by atoms with van der Waals surface area (Å²) >= 11 is 0. The van der Waals surface area contributed by atoms with E-state index in [4.69, 9.17) is 0 Å². The Morgan fingerprint density at radius 3 is 1.88 bits per heavy atom. The van der Waals surface area contributed by atoms with Crippen molar-refractivity contribution >= 4 is 0 Å². The summed E-state index contributed by atoms with van der Waals surface area (Å²) in [6.07, 6.45) is 1.56. The van der Waals surface area contributed by atoms with Crippen LogP contribution in [0.25, 0.3) is 0 Å². The van der Waals surface area contributed by atoms with Gasteiger partial charge < -0.3 is 9.47 Å². The van der Waals surface area contributed by atoms with Crippen LogP contribution in [0.3, 0.4) is 0 Å². The van der Waals surface area contributed by atoms with E-state index in [0.717, 1.165) is 32.1 Å². The molecule has 2 aliphatic carbocycles. The van der Waals surface area contributed by atoms with Gasteiger partial charge in [-0.2, -0.15) is 17.6 Å². The average Bonchev–Trinajstić information content (AvgIpc) is 2.92. The van der Waals surface area contributed by atoms with Crippen molar-refractivity contribution < 1.29 is 44.6 Å². The maximum Gasteiger partial charge on any atom is 0.400 e. The third-order valence-corrected chi connectivity index (χ3v) is 8.79. The third-order valence-electron chi connectivity index (χ3n) is 8.79. The quantitative estimate of drug-likeness (QED) is 0.188. The van der Waals surface area contributed by atoms with Crippen molar-refractivity contribution in [3.05, 3.63) is 71.0 Å². The highest BCUT2D eigenvalue weighted by Crippen LogP contribution is 2.43. The van der Waals surface area contributed by atoms with E-state index in [-0.39, 0.29) is 42.9 Å². The smallest absolute Gasteiger partial charge is 0.400 e. The van der Waals surface area contributed by atoms with E-state index < -0.39 is 52.9 Å². The molecular formula is C32H36F8O2. The molecule has 0 saturated heterocycles. The lowest BCUT2D eigenvalue weighted by molar-refractivity contribution is -0.223. The molecule has 2 aliphatic rings. The van der Waals surface area contributed by atoms with Crippen LogP contribution in [0.15, 0.2) is 36.6 Å². The topological polar surface area (TPSA) is 18.5 Å². The summed E-state index contributed by atoms with van der Waals surface area (Å²) in [5.41, 5.74) is 0.731. The molecule has 2 nitrogen and oxygen atoms in total. The predicted octanol–water partition coefficient (Wildman–Crippen LogP) is 10.8. The molecule has 0 aliphatic heterocycles. The van der Waals surface area contributed by atoms with E-state index in [1.807, 2.05) is 0 Å². The summed E-state index contributed by atoms with van der Waals surface area (Å²) in [7, 11) is 0. The Balaban J connectivity index is 1.28. The SMILES string of the molecule is CCCC1CCC(c2cc(F)c(CCC3CCC(C(F)(F)Oc4cc(F)c(OC=C(F)F)c(F)c4)CC3)c(F)c2)CC1. The molecule has 0 amide bonds. The molecule has 232 valence electrons. The lowest BCUT2D eigenvalue weighted by Crippen LogP contribution is -2.37. The van der Waals surface area contributed by atoms with E-state index in [9.17, 15) is 35.1 Å². The molecule has 0 spiro atoms. The van der Waals surface area contributed by atoms with Gasteiger partial charge in [-0.25, -0.2) is 17.6 Å². The van der Waals surface area contributed by atoms with E-state index in [1.165, 1.54) is 18.6 Å². The number of alkyl halides is 2. The molecule has 0 heterocycles. The summed E-state index contributed by atoms with van der Waals surface area (Å²) in [5.74, 6) is -6.44. The molecule has 0 N–H and O–H groups in total. The first-order valence-corrected chi connectivity index (χ1v) is 14.7. The minimum atomic E-state index is -3.75. The van der Waals surface area contributed by atoms with Crippen LogP contribution in [0, 0.1) is 41.0 Å². The highest BCUT2D eigenvalue weighted by Gasteiger charge is 2.44. The van der Waals surface area contributed by atoms with Gasteiger partial charge >= 0.3 is 12.2 Å². The van der Waals surface area contributed by atoms with Gasteiger partial charge in [-0.1, -0.05) is 19.8 Å². The highest BCUT2D eigenvalue weighted by molar-refractivity contribution is 5.35. The fourth-order valence-electron chi connectivity index (χ4n) is 6.48. The molecule has 0 bridgehead atoms. The van der Waals surface area contributed by atoms with Crippen LogP contribution in [-0.2, 0) is 6.42 Å². The Hall–Kier alpha value is -2.78. The fraction of sp³-hybridized carbons (Fsp3) is 0.562. The lowest BCUT2D eigenvalue weighted by Gasteiger charge is -2.33. The maximum atomic E-state index is 14.9. The summed E-state index contributed by atoms with van der Waals surface area (Å²) in [4.78, 5) is 0. The van der Waals surface area contributed by atoms with Gasteiger partial charge in [-0.15, -0.1) is 0 Å². The molecule has 42 heavy (non-hydrogen) atoms. The van der Waals surface area contributed by atoms with Crippen LogP contribution < -0.4 is 9.47 Å². The second kappa shape index (κ2) is 14.1. The second-order valence-corrected chi connectivity index (χ2v) is 11.6. The normalized spacial score (nSPS) is 23.0. The molecule has 2 aromatic carbocycles. The largest absolute Gasteiger partial charge is 0.453 e. The monoisotopic (exact) mass is 604 g/mol. The standard InChI is InChI=1S/C32H36F8O2/c1-2-3-19-4-9-21(10-5-19)22-14-26(33)25(27(34)15-22)13-8-20-6-11-23(12-7-20)32(39,40)42-24-16-28(35)31(29(36)17-24)41-18-30(37)38/h14-21,23H,2-13H2,1H3. The first kappa shape index (κ1) is 32.1. The van der Waals surface area contributed by atoms with Gasteiger partial charge in [0.05, 0.1) is 5.92 Å². The maximum absolute atomic E-state index is 14.9. The van der Waals surface area contributed by atoms with E-state index >= 15 is 0 Å². The molecule has 0 atom stereocenters. The van der Waals surface area contributed by atoms with Crippen LogP contribution in [0.2, 0.25) is 0 Å². The molecular weight excluding hydrogens is 568 g/mol. The van der Waals surface area contributed by atoms with Gasteiger partial charge in [-0.05, 0) is 99.7 Å². The van der Waals surface area contributed by atoms with Crippen molar-refractivity contribution in [3.63, 3.8) is 0 Å². The summed E-state index contributed by atoms with van der Waals surface area (Å²) in [5, 5.41) is 0.